The molecule has 0 radical (unpaired) electrons. The van der Waals surface area contributed by atoms with Crippen molar-refractivity contribution < 1.29 is 4.74 Å². The van der Waals surface area contributed by atoms with Crippen LogP contribution in [0.15, 0.2) is 37.2 Å². The highest BCUT2D eigenvalue weighted by molar-refractivity contribution is 5.86. The van der Waals surface area contributed by atoms with Crippen LogP contribution in [-0.2, 0) is 17.6 Å². The standard InChI is InChI=1S/C26H36N4O/c1-5-14-31-20(4)30-12-10-29(11-13-30)19(3)22-7-9-24-18(2)23-8-6-21(17-27)15-25(23)28-26(24)16-22/h7,9,16,21H,3-6,8,10-15,17,27H2,1-2H3. The topological polar surface area (TPSA) is 54.6 Å². The van der Waals surface area contributed by atoms with Crippen molar-refractivity contribution in [2.24, 2.45) is 11.7 Å². The number of ether oxygens (including phenoxy) is 1. The maximum Gasteiger partial charge on any atom is 0.181 e. The fourth-order valence-corrected chi connectivity index (χ4v) is 4.86. The lowest BCUT2D eigenvalue weighted by Crippen LogP contribution is -2.44. The summed E-state index contributed by atoms with van der Waals surface area (Å²) in [5, 5.41) is 1.26. The Morgan fingerprint density at radius 3 is 2.65 bits per heavy atom. The maximum atomic E-state index is 5.95. The molecule has 1 aliphatic carbocycles. The number of nitrogens with two attached hydrogens (primary N) is 1. The number of piperazine rings is 1. The molecule has 1 unspecified atom stereocenters. The van der Waals surface area contributed by atoms with Crippen molar-refractivity contribution in [3.05, 3.63) is 59.6 Å². The number of hydrogen-bond acceptors (Lipinski definition) is 5. The number of nitrogens with zero attached hydrogens (tertiary/aromatic N) is 3. The van der Waals surface area contributed by atoms with E-state index in [1.54, 1.807) is 0 Å². The molecule has 1 aromatic carbocycles. The van der Waals surface area contributed by atoms with E-state index in [1.807, 2.05) is 0 Å². The van der Waals surface area contributed by atoms with Crippen LogP contribution in [0.5, 0.6) is 0 Å². The Kier molecular flexibility index (Phi) is 6.51. The molecule has 2 heterocycles. The minimum atomic E-state index is 0.558. The lowest BCUT2D eigenvalue weighted by Gasteiger charge is -2.38. The SMILES string of the molecule is C=C(OCCC)N1CCN(C(=C)c2ccc3c(C)c4c(nc3c2)CC(CN)CC4)CC1. The van der Waals surface area contributed by atoms with E-state index in [4.69, 9.17) is 15.5 Å². The average Bonchev–Trinajstić information content (AvgIpc) is 2.81. The average molecular weight is 421 g/mol. The van der Waals surface area contributed by atoms with Gasteiger partial charge >= 0.3 is 0 Å². The van der Waals surface area contributed by atoms with Crippen LogP contribution in [0.25, 0.3) is 16.6 Å². The van der Waals surface area contributed by atoms with Crippen molar-refractivity contribution in [3.8, 4) is 0 Å². The Bertz CT molecular complexity index is 975. The molecule has 1 atom stereocenters. The highest BCUT2D eigenvalue weighted by Crippen LogP contribution is 2.32. The van der Waals surface area contributed by atoms with E-state index < -0.39 is 0 Å². The van der Waals surface area contributed by atoms with E-state index in [1.165, 1.54) is 28.6 Å². The molecule has 31 heavy (non-hydrogen) atoms. The van der Waals surface area contributed by atoms with Gasteiger partial charge in [0.1, 0.15) is 0 Å². The summed E-state index contributed by atoms with van der Waals surface area (Å²) >= 11 is 0. The van der Waals surface area contributed by atoms with Gasteiger partial charge in [0.2, 0.25) is 0 Å². The zero-order valence-electron chi connectivity index (χ0n) is 19.1. The third-order valence-electron chi connectivity index (χ3n) is 6.90. The Morgan fingerprint density at radius 1 is 1.19 bits per heavy atom. The number of benzene rings is 1. The molecule has 2 aromatic rings. The van der Waals surface area contributed by atoms with E-state index in [2.05, 4.69) is 55.0 Å². The fraction of sp³-hybridized carbons (Fsp3) is 0.500. The molecule has 0 amide bonds. The van der Waals surface area contributed by atoms with Crippen molar-refractivity contribution in [2.75, 3.05) is 39.3 Å². The van der Waals surface area contributed by atoms with Gasteiger partial charge in [-0.05, 0) is 74.4 Å². The van der Waals surface area contributed by atoms with Gasteiger partial charge < -0.3 is 20.3 Å². The molecule has 1 aromatic heterocycles. The normalized spacial score (nSPS) is 18.7. The summed E-state index contributed by atoms with van der Waals surface area (Å²) in [5.41, 5.74) is 13.3. The minimum Gasteiger partial charge on any atom is -0.480 e. The van der Waals surface area contributed by atoms with Crippen molar-refractivity contribution >= 4 is 16.6 Å². The van der Waals surface area contributed by atoms with Crippen molar-refractivity contribution in [2.45, 2.75) is 39.5 Å². The smallest absolute Gasteiger partial charge is 0.181 e. The Morgan fingerprint density at radius 2 is 1.94 bits per heavy atom. The first-order chi connectivity index (χ1) is 15.0. The Balaban J connectivity index is 1.50. The number of hydrogen-bond donors (Lipinski definition) is 1. The summed E-state index contributed by atoms with van der Waals surface area (Å²) in [6, 6.07) is 6.64. The Labute approximate surface area is 186 Å². The van der Waals surface area contributed by atoms with E-state index >= 15 is 0 Å². The lowest BCUT2D eigenvalue weighted by molar-refractivity contribution is 0.0875. The van der Waals surface area contributed by atoms with Gasteiger partial charge in [-0.25, -0.2) is 0 Å². The molecule has 2 N–H and O–H groups in total. The third-order valence-corrected chi connectivity index (χ3v) is 6.90. The summed E-state index contributed by atoms with van der Waals surface area (Å²) < 4.78 is 5.71. The van der Waals surface area contributed by atoms with Gasteiger partial charge in [-0.3, -0.25) is 4.98 Å². The summed E-state index contributed by atoms with van der Waals surface area (Å²) in [5.74, 6) is 1.35. The molecule has 1 aliphatic heterocycles. The van der Waals surface area contributed by atoms with Crippen LogP contribution < -0.4 is 5.73 Å². The van der Waals surface area contributed by atoms with Crippen molar-refractivity contribution in [1.82, 2.24) is 14.8 Å². The predicted molar refractivity (Wildman–Crippen MR) is 129 cm³/mol. The van der Waals surface area contributed by atoms with E-state index in [0.29, 0.717) is 5.92 Å². The number of rotatable bonds is 7. The molecule has 2 aliphatic rings. The van der Waals surface area contributed by atoms with Crippen molar-refractivity contribution in [1.29, 1.82) is 0 Å². The maximum absolute atomic E-state index is 5.95. The van der Waals surface area contributed by atoms with Crippen LogP contribution in [0.3, 0.4) is 0 Å². The van der Waals surface area contributed by atoms with Gasteiger partial charge in [0.05, 0.1) is 12.1 Å². The molecule has 4 rings (SSSR count). The number of pyridine rings is 1. The largest absolute Gasteiger partial charge is 0.480 e. The van der Waals surface area contributed by atoms with E-state index in [-0.39, 0.29) is 0 Å². The van der Waals surface area contributed by atoms with Crippen LogP contribution in [-0.4, -0.2) is 54.1 Å². The summed E-state index contributed by atoms with van der Waals surface area (Å²) in [6.45, 7) is 18.0. The van der Waals surface area contributed by atoms with Crippen LogP contribution in [0, 0.1) is 12.8 Å². The molecule has 166 valence electrons. The molecule has 0 saturated carbocycles. The fourth-order valence-electron chi connectivity index (χ4n) is 4.86. The first kappa shape index (κ1) is 21.7. The molecule has 5 nitrogen and oxygen atoms in total. The van der Waals surface area contributed by atoms with Gasteiger partial charge in [0, 0.05) is 43.0 Å². The molecule has 1 saturated heterocycles. The summed E-state index contributed by atoms with van der Waals surface area (Å²) in [6.07, 6.45) is 4.27. The van der Waals surface area contributed by atoms with Gasteiger partial charge in [0.15, 0.2) is 5.88 Å². The van der Waals surface area contributed by atoms with Gasteiger partial charge in [-0.2, -0.15) is 0 Å². The molecule has 5 heteroatoms. The quantitative estimate of drug-likeness (QED) is 0.684. The second-order valence-electron chi connectivity index (χ2n) is 8.90. The minimum absolute atomic E-state index is 0.558. The van der Waals surface area contributed by atoms with Crippen LogP contribution >= 0.6 is 0 Å². The molecular weight excluding hydrogens is 384 g/mol. The first-order valence-electron chi connectivity index (χ1n) is 11.6. The summed E-state index contributed by atoms with van der Waals surface area (Å²) in [4.78, 5) is 9.66. The summed E-state index contributed by atoms with van der Waals surface area (Å²) in [7, 11) is 0. The second-order valence-corrected chi connectivity index (χ2v) is 8.90. The third kappa shape index (κ3) is 4.42. The first-order valence-corrected chi connectivity index (χ1v) is 11.6. The molecule has 0 spiro atoms. The number of aromatic nitrogens is 1. The van der Waals surface area contributed by atoms with Crippen molar-refractivity contribution in [3.63, 3.8) is 0 Å². The monoisotopic (exact) mass is 420 g/mol. The lowest BCUT2D eigenvalue weighted by atomic mass is 9.84. The highest BCUT2D eigenvalue weighted by Gasteiger charge is 2.23. The highest BCUT2D eigenvalue weighted by atomic mass is 16.5. The zero-order chi connectivity index (χ0) is 22.0. The van der Waals surface area contributed by atoms with E-state index in [9.17, 15) is 0 Å². The van der Waals surface area contributed by atoms with E-state index in [0.717, 1.165) is 81.3 Å². The van der Waals surface area contributed by atoms with Crippen LogP contribution in [0.4, 0.5) is 0 Å². The number of fused-ring (bicyclic) bond motifs is 2. The molecular formula is C26H36N4O. The van der Waals surface area contributed by atoms with Gasteiger partial charge in [-0.1, -0.05) is 25.6 Å². The molecule has 1 fully saturated rings. The molecule has 0 bridgehead atoms. The van der Waals surface area contributed by atoms with Crippen LogP contribution in [0.2, 0.25) is 0 Å². The second kappa shape index (κ2) is 9.31. The predicted octanol–water partition coefficient (Wildman–Crippen LogP) is 4.09. The van der Waals surface area contributed by atoms with Gasteiger partial charge in [-0.15, -0.1) is 0 Å². The number of aryl methyl sites for hydroxylation is 1. The van der Waals surface area contributed by atoms with Gasteiger partial charge in [0.25, 0.3) is 0 Å². The zero-order valence-corrected chi connectivity index (χ0v) is 19.1. The Hall–Kier alpha value is -2.53. The van der Waals surface area contributed by atoms with Crippen LogP contribution in [0.1, 0.15) is 42.1 Å².